The summed E-state index contributed by atoms with van der Waals surface area (Å²) in [6, 6.07) is 7.78. The smallest absolute Gasteiger partial charge is 0.000496 e. The maximum absolute atomic E-state index is 2.86. The zero-order valence-electron chi connectivity index (χ0n) is 5.62. The van der Waals surface area contributed by atoms with Crippen LogP contribution in [0.4, 0.5) is 0 Å². The van der Waals surface area contributed by atoms with Gasteiger partial charge in [0.25, 0.3) is 0 Å². The summed E-state index contributed by atoms with van der Waals surface area (Å²) in [5.74, 6) is 0. The third kappa shape index (κ3) is 2.77. The molecule has 0 saturated carbocycles. The van der Waals surface area contributed by atoms with E-state index in [-0.39, 0.29) is 0 Å². The van der Waals surface area contributed by atoms with Crippen LogP contribution >= 0.6 is 0 Å². The topological polar surface area (TPSA) is 31.6 Å². The number of aromatic nitrogens is 2. The molecular weight excluding hydrogens is 124 g/mol. The first-order valence-electron chi connectivity index (χ1n) is 3.15. The monoisotopic (exact) mass is 134 g/mol. The Morgan fingerprint density at radius 3 is 0.900 bits per heavy atom. The van der Waals surface area contributed by atoms with Gasteiger partial charge in [0.1, 0.15) is 0 Å². The molecule has 2 heteroatoms. The van der Waals surface area contributed by atoms with E-state index in [1.54, 1.807) is 0 Å². The van der Waals surface area contributed by atoms with E-state index in [1.165, 1.54) is 0 Å². The number of hydrogen-bond donors (Lipinski definition) is 2. The Morgan fingerprint density at radius 2 is 0.800 bits per heavy atom. The minimum absolute atomic E-state index is 1.88. The maximum atomic E-state index is 2.86. The lowest BCUT2D eigenvalue weighted by atomic mass is 10.7. The van der Waals surface area contributed by atoms with Crippen LogP contribution in [-0.2, 0) is 0 Å². The zero-order valence-corrected chi connectivity index (χ0v) is 5.62. The average Bonchev–Trinajstić information content (AvgIpc) is 2.67. The van der Waals surface area contributed by atoms with E-state index in [1.807, 2.05) is 49.1 Å². The summed E-state index contributed by atoms with van der Waals surface area (Å²) in [6.45, 7) is 0. The number of H-pyrrole nitrogens is 2. The predicted octanol–water partition coefficient (Wildman–Crippen LogP) is 2.03. The summed E-state index contributed by atoms with van der Waals surface area (Å²) in [5.41, 5.74) is 0. The van der Waals surface area contributed by atoms with Crippen LogP contribution in [0.3, 0.4) is 0 Å². The Bertz CT molecular complexity index is 146. The normalized spacial score (nSPS) is 8.00. The molecule has 10 heavy (non-hydrogen) atoms. The first kappa shape index (κ1) is 6.68. The van der Waals surface area contributed by atoms with Crippen molar-refractivity contribution in [2.45, 2.75) is 0 Å². The molecule has 2 heterocycles. The van der Waals surface area contributed by atoms with E-state index in [4.69, 9.17) is 0 Å². The van der Waals surface area contributed by atoms with E-state index in [0.29, 0.717) is 0 Å². The highest BCUT2D eigenvalue weighted by atomic mass is 14.6. The summed E-state index contributed by atoms with van der Waals surface area (Å²) in [4.78, 5) is 5.72. The van der Waals surface area contributed by atoms with Crippen LogP contribution in [0.25, 0.3) is 0 Å². The minimum Gasteiger partial charge on any atom is -0.368 e. The van der Waals surface area contributed by atoms with Gasteiger partial charge < -0.3 is 9.97 Å². The van der Waals surface area contributed by atoms with Crippen molar-refractivity contribution in [3.8, 4) is 0 Å². The summed E-state index contributed by atoms with van der Waals surface area (Å²) in [6.07, 6.45) is 7.50. The molecule has 2 aromatic heterocycles. The molecule has 0 aromatic carbocycles. The van der Waals surface area contributed by atoms with Crippen molar-refractivity contribution in [3.63, 3.8) is 0 Å². The summed E-state index contributed by atoms with van der Waals surface area (Å²) in [5, 5.41) is 0. The standard InChI is InChI=1S/2C4H5N/c2*1-2-4-5-3-1/h2*1-5H. The van der Waals surface area contributed by atoms with Gasteiger partial charge in [-0.15, -0.1) is 0 Å². The summed E-state index contributed by atoms with van der Waals surface area (Å²) >= 11 is 0. The molecule has 0 radical (unpaired) electrons. The van der Waals surface area contributed by atoms with Gasteiger partial charge in [-0.3, -0.25) is 0 Å². The molecule has 0 bridgehead atoms. The quantitative estimate of drug-likeness (QED) is 0.552. The molecule has 2 nitrogen and oxygen atoms in total. The van der Waals surface area contributed by atoms with Gasteiger partial charge in [0.15, 0.2) is 0 Å². The predicted molar refractivity (Wildman–Crippen MR) is 41.6 cm³/mol. The molecular formula is C8H10N2. The first-order valence-corrected chi connectivity index (χ1v) is 3.15. The highest BCUT2D eigenvalue weighted by Gasteiger charge is 1.56. The van der Waals surface area contributed by atoms with Crippen molar-refractivity contribution in [2.75, 3.05) is 0 Å². The summed E-state index contributed by atoms with van der Waals surface area (Å²) < 4.78 is 0. The first-order chi connectivity index (χ1) is 5.00. The van der Waals surface area contributed by atoms with Crippen LogP contribution in [0, 0.1) is 0 Å². The average molecular weight is 134 g/mol. The van der Waals surface area contributed by atoms with E-state index in [9.17, 15) is 0 Å². The molecule has 0 fully saturated rings. The van der Waals surface area contributed by atoms with Crippen LogP contribution in [0.2, 0.25) is 0 Å². The van der Waals surface area contributed by atoms with Crippen molar-refractivity contribution in [2.24, 2.45) is 0 Å². The summed E-state index contributed by atoms with van der Waals surface area (Å²) in [7, 11) is 0. The highest BCUT2D eigenvalue weighted by molar-refractivity contribution is 4.85. The van der Waals surface area contributed by atoms with Gasteiger partial charge in [0, 0.05) is 24.8 Å². The molecule has 2 N–H and O–H groups in total. The SMILES string of the molecule is c1cc[nH]c1.c1cc[nH]c1. The molecule has 0 amide bonds. The Labute approximate surface area is 59.9 Å². The third-order valence-corrected chi connectivity index (χ3v) is 0.992. The third-order valence-electron chi connectivity index (χ3n) is 0.992. The number of aromatic amines is 2. The van der Waals surface area contributed by atoms with E-state index in [0.717, 1.165) is 0 Å². The lowest BCUT2D eigenvalue weighted by Gasteiger charge is -1.49. The second kappa shape index (κ2) is 4.44. The van der Waals surface area contributed by atoms with Crippen molar-refractivity contribution in [1.82, 2.24) is 9.97 Å². The molecule has 0 aliphatic heterocycles. The molecule has 0 aliphatic carbocycles. The van der Waals surface area contributed by atoms with Crippen molar-refractivity contribution >= 4 is 0 Å². The van der Waals surface area contributed by atoms with Crippen molar-refractivity contribution in [3.05, 3.63) is 49.1 Å². The van der Waals surface area contributed by atoms with Crippen molar-refractivity contribution in [1.29, 1.82) is 0 Å². The van der Waals surface area contributed by atoms with Crippen molar-refractivity contribution < 1.29 is 0 Å². The molecule has 52 valence electrons. The molecule has 2 rings (SSSR count). The van der Waals surface area contributed by atoms with Gasteiger partial charge in [-0.1, -0.05) is 0 Å². The Kier molecular flexibility index (Phi) is 2.96. The maximum Gasteiger partial charge on any atom is 0.000496 e. The fourth-order valence-corrected chi connectivity index (χ4v) is 0.556. The number of nitrogens with one attached hydrogen (secondary N) is 2. The fourth-order valence-electron chi connectivity index (χ4n) is 0.556. The Balaban J connectivity index is 0.0000001000. The van der Waals surface area contributed by atoms with Crippen LogP contribution in [-0.4, -0.2) is 9.97 Å². The molecule has 0 atom stereocenters. The zero-order chi connectivity index (χ0) is 7.07. The van der Waals surface area contributed by atoms with Gasteiger partial charge in [0.05, 0.1) is 0 Å². The molecule has 0 aliphatic rings. The second-order valence-corrected chi connectivity index (χ2v) is 1.77. The van der Waals surface area contributed by atoms with Crippen LogP contribution in [0.5, 0.6) is 0 Å². The van der Waals surface area contributed by atoms with E-state index >= 15 is 0 Å². The van der Waals surface area contributed by atoms with Crippen LogP contribution in [0.15, 0.2) is 49.1 Å². The minimum atomic E-state index is 1.88. The van der Waals surface area contributed by atoms with Crippen LogP contribution < -0.4 is 0 Å². The van der Waals surface area contributed by atoms with E-state index in [2.05, 4.69) is 9.97 Å². The highest BCUT2D eigenvalue weighted by Crippen LogP contribution is 1.72. The molecule has 0 spiro atoms. The lowest BCUT2D eigenvalue weighted by molar-refractivity contribution is 1.41. The van der Waals surface area contributed by atoms with Gasteiger partial charge in [-0.05, 0) is 24.3 Å². The largest absolute Gasteiger partial charge is 0.368 e. The van der Waals surface area contributed by atoms with Gasteiger partial charge in [-0.25, -0.2) is 0 Å². The second-order valence-electron chi connectivity index (χ2n) is 1.77. The van der Waals surface area contributed by atoms with Gasteiger partial charge in [0.2, 0.25) is 0 Å². The van der Waals surface area contributed by atoms with Gasteiger partial charge >= 0.3 is 0 Å². The lowest BCUT2D eigenvalue weighted by Crippen LogP contribution is -1.38. The Morgan fingerprint density at radius 1 is 0.500 bits per heavy atom. The van der Waals surface area contributed by atoms with Gasteiger partial charge in [-0.2, -0.15) is 0 Å². The molecule has 2 aromatic rings. The van der Waals surface area contributed by atoms with Crippen LogP contribution in [0.1, 0.15) is 0 Å². The van der Waals surface area contributed by atoms with E-state index < -0.39 is 0 Å². The molecule has 0 saturated heterocycles. The molecule has 0 unspecified atom stereocenters. The fraction of sp³-hybridized carbons (Fsp3) is 0. The Hall–Kier alpha value is -1.44. The number of rotatable bonds is 0. The number of hydrogen-bond acceptors (Lipinski definition) is 0.